The molecule has 0 saturated carbocycles. The summed E-state index contributed by atoms with van der Waals surface area (Å²) in [5.74, 6) is 0. The third-order valence-electron chi connectivity index (χ3n) is 2.88. The highest BCUT2D eigenvalue weighted by Gasteiger charge is 2.21. The van der Waals surface area contributed by atoms with Crippen molar-refractivity contribution in [1.82, 2.24) is 4.98 Å². The summed E-state index contributed by atoms with van der Waals surface area (Å²) in [5.41, 5.74) is 2.34. The number of hydrogen-bond acceptors (Lipinski definition) is 3. The van der Waals surface area contributed by atoms with Gasteiger partial charge >= 0.3 is 0 Å². The zero-order chi connectivity index (χ0) is 10.7. The van der Waals surface area contributed by atoms with Gasteiger partial charge in [0.25, 0.3) is 0 Å². The number of rotatable bonds is 3. The summed E-state index contributed by atoms with van der Waals surface area (Å²) in [5, 5.41) is 3.39. The second kappa shape index (κ2) is 4.62. The summed E-state index contributed by atoms with van der Waals surface area (Å²) in [6.07, 6.45) is 6.81. The van der Waals surface area contributed by atoms with Crippen LogP contribution in [0.4, 0.5) is 5.69 Å². The Labute approximate surface area is 90.9 Å². The van der Waals surface area contributed by atoms with Crippen LogP contribution in [-0.2, 0) is 4.74 Å². The molecule has 0 amide bonds. The molecule has 1 saturated heterocycles. The quantitative estimate of drug-likeness (QED) is 0.824. The average Bonchev–Trinajstić information content (AvgIpc) is 2.63. The number of aryl methyl sites for hydroxylation is 1. The Balaban J connectivity index is 1.86. The van der Waals surface area contributed by atoms with Gasteiger partial charge in [-0.3, -0.25) is 4.98 Å². The Bertz CT molecular complexity index is 327. The van der Waals surface area contributed by atoms with Crippen LogP contribution < -0.4 is 5.32 Å². The van der Waals surface area contributed by atoms with E-state index in [0.717, 1.165) is 18.7 Å². The van der Waals surface area contributed by atoms with Crippen LogP contribution in [0.25, 0.3) is 0 Å². The predicted octanol–water partition coefficient (Wildman–Crippen LogP) is 2.37. The first-order chi connectivity index (χ1) is 7.25. The van der Waals surface area contributed by atoms with Crippen molar-refractivity contribution < 1.29 is 4.74 Å². The molecule has 2 heterocycles. The Morgan fingerprint density at radius 1 is 1.53 bits per heavy atom. The first kappa shape index (κ1) is 10.4. The van der Waals surface area contributed by atoms with Gasteiger partial charge in [-0.2, -0.15) is 0 Å². The number of aromatic nitrogens is 1. The van der Waals surface area contributed by atoms with Gasteiger partial charge in [0.15, 0.2) is 0 Å². The van der Waals surface area contributed by atoms with Crippen LogP contribution in [0.1, 0.15) is 25.3 Å². The van der Waals surface area contributed by atoms with Gasteiger partial charge in [-0.05, 0) is 38.3 Å². The highest BCUT2D eigenvalue weighted by molar-refractivity contribution is 5.47. The van der Waals surface area contributed by atoms with Gasteiger partial charge in [0.05, 0.1) is 24.1 Å². The van der Waals surface area contributed by atoms with E-state index in [-0.39, 0.29) is 0 Å². The lowest BCUT2D eigenvalue weighted by Crippen LogP contribution is -2.20. The third-order valence-corrected chi connectivity index (χ3v) is 2.88. The van der Waals surface area contributed by atoms with E-state index in [2.05, 4.69) is 24.1 Å². The monoisotopic (exact) mass is 206 g/mol. The maximum atomic E-state index is 5.74. The maximum absolute atomic E-state index is 5.74. The number of nitrogens with zero attached hydrogens (tertiary/aromatic N) is 1. The summed E-state index contributed by atoms with van der Waals surface area (Å²) in [6, 6.07) is 2.01. The standard InChI is InChI=1S/C12H18N2O/c1-9-5-6-13-8-12(9)14-7-11-4-3-10(2)15-11/h5-6,8,10-11,14H,3-4,7H2,1-2H3. The molecule has 1 fully saturated rings. The summed E-state index contributed by atoms with van der Waals surface area (Å²) in [7, 11) is 0. The molecule has 1 aromatic heterocycles. The van der Waals surface area contributed by atoms with E-state index in [4.69, 9.17) is 4.74 Å². The molecule has 0 spiro atoms. The van der Waals surface area contributed by atoms with Crippen LogP contribution in [0.15, 0.2) is 18.5 Å². The van der Waals surface area contributed by atoms with Crippen LogP contribution in [0.3, 0.4) is 0 Å². The molecule has 2 unspecified atom stereocenters. The molecule has 2 atom stereocenters. The van der Waals surface area contributed by atoms with Gasteiger partial charge in [-0.1, -0.05) is 0 Å². The molecule has 1 aromatic rings. The molecule has 0 aliphatic carbocycles. The predicted molar refractivity (Wildman–Crippen MR) is 61.0 cm³/mol. The maximum Gasteiger partial charge on any atom is 0.0751 e. The van der Waals surface area contributed by atoms with Crippen molar-refractivity contribution in [2.75, 3.05) is 11.9 Å². The second-order valence-electron chi connectivity index (χ2n) is 4.22. The fraction of sp³-hybridized carbons (Fsp3) is 0.583. The van der Waals surface area contributed by atoms with Crippen molar-refractivity contribution >= 4 is 5.69 Å². The van der Waals surface area contributed by atoms with E-state index in [1.54, 1.807) is 0 Å². The number of anilines is 1. The lowest BCUT2D eigenvalue weighted by atomic mass is 10.2. The Hall–Kier alpha value is -1.09. The van der Waals surface area contributed by atoms with Crippen molar-refractivity contribution in [2.24, 2.45) is 0 Å². The van der Waals surface area contributed by atoms with Crippen LogP contribution >= 0.6 is 0 Å². The van der Waals surface area contributed by atoms with Crippen molar-refractivity contribution in [2.45, 2.75) is 38.9 Å². The van der Waals surface area contributed by atoms with Crippen molar-refractivity contribution in [3.05, 3.63) is 24.0 Å². The largest absolute Gasteiger partial charge is 0.381 e. The first-order valence-corrected chi connectivity index (χ1v) is 5.55. The van der Waals surface area contributed by atoms with Crippen LogP contribution in [0.2, 0.25) is 0 Å². The Morgan fingerprint density at radius 2 is 2.40 bits per heavy atom. The molecule has 3 heteroatoms. The van der Waals surface area contributed by atoms with Gasteiger partial charge in [0.1, 0.15) is 0 Å². The van der Waals surface area contributed by atoms with Crippen molar-refractivity contribution in [3.8, 4) is 0 Å². The van der Waals surface area contributed by atoms with Crippen LogP contribution in [-0.4, -0.2) is 23.7 Å². The first-order valence-electron chi connectivity index (χ1n) is 5.55. The fourth-order valence-corrected chi connectivity index (χ4v) is 1.91. The molecular weight excluding hydrogens is 188 g/mol. The van der Waals surface area contributed by atoms with E-state index in [0.29, 0.717) is 12.2 Å². The third kappa shape index (κ3) is 2.69. The fourth-order valence-electron chi connectivity index (χ4n) is 1.91. The summed E-state index contributed by atoms with van der Waals surface area (Å²) >= 11 is 0. The van der Waals surface area contributed by atoms with Crippen LogP contribution in [0, 0.1) is 6.92 Å². The molecule has 82 valence electrons. The van der Waals surface area contributed by atoms with E-state index in [1.807, 2.05) is 18.5 Å². The number of pyridine rings is 1. The highest BCUT2D eigenvalue weighted by Crippen LogP contribution is 2.20. The number of nitrogens with one attached hydrogen (secondary N) is 1. The molecule has 0 bridgehead atoms. The highest BCUT2D eigenvalue weighted by atomic mass is 16.5. The molecule has 0 radical (unpaired) electrons. The minimum absolute atomic E-state index is 0.361. The Morgan fingerprint density at radius 3 is 3.07 bits per heavy atom. The molecule has 1 N–H and O–H groups in total. The van der Waals surface area contributed by atoms with Crippen molar-refractivity contribution in [1.29, 1.82) is 0 Å². The molecule has 15 heavy (non-hydrogen) atoms. The average molecular weight is 206 g/mol. The zero-order valence-corrected chi connectivity index (χ0v) is 9.36. The van der Waals surface area contributed by atoms with E-state index >= 15 is 0 Å². The lowest BCUT2D eigenvalue weighted by Gasteiger charge is -2.14. The normalized spacial score (nSPS) is 25.5. The summed E-state index contributed by atoms with van der Waals surface area (Å²) in [4.78, 5) is 4.10. The minimum Gasteiger partial charge on any atom is -0.381 e. The van der Waals surface area contributed by atoms with Gasteiger partial charge in [-0.15, -0.1) is 0 Å². The molecule has 1 aliphatic rings. The number of ether oxygens (including phenoxy) is 1. The second-order valence-corrected chi connectivity index (χ2v) is 4.22. The SMILES string of the molecule is Cc1ccncc1NCC1CCC(C)O1. The zero-order valence-electron chi connectivity index (χ0n) is 9.36. The topological polar surface area (TPSA) is 34.2 Å². The lowest BCUT2D eigenvalue weighted by molar-refractivity contribution is 0.0637. The summed E-state index contributed by atoms with van der Waals surface area (Å²) in [6.45, 7) is 5.11. The number of hydrogen-bond donors (Lipinski definition) is 1. The summed E-state index contributed by atoms with van der Waals surface area (Å²) < 4.78 is 5.74. The van der Waals surface area contributed by atoms with E-state index in [9.17, 15) is 0 Å². The minimum atomic E-state index is 0.361. The molecular formula is C12H18N2O. The molecule has 0 aromatic carbocycles. The molecule has 3 nitrogen and oxygen atoms in total. The van der Waals surface area contributed by atoms with Gasteiger partial charge in [0, 0.05) is 12.7 Å². The van der Waals surface area contributed by atoms with E-state index < -0.39 is 0 Å². The molecule has 2 rings (SSSR count). The Kier molecular flexibility index (Phi) is 3.21. The van der Waals surface area contributed by atoms with Crippen LogP contribution in [0.5, 0.6) is 0 Å². The van der Waals surface area contributed by atoms with E-state index in [1.165, 1.54) is 12.0 Å². The van der Waals surface area contributed by atoms with Gasteiger partial charge in [-0.25, -0.2) is 0 Å². The van der Waals surface area contributed by atoms with Crippen molar-refractivity contribution in [3.63, 3.8) is 0 Å². The van der Waals surface area contributed by atoms with Gasteiger partial charge < -0.3 is 10.1 Å². The molecule has 1 aliphatic heterocycles. The smallest absolute Gasteiger partial charge is 0.0751 e. The van der Waals surface area contributed by atoms with Gasteiger partial charge in [0.2, 0.25) is 0 Å².